The van der Waals surface area contributed by atoms with Crippen LogP contribution in [0.3, 0.4) is 0 Å². The molecule has 0 radical (unpaired) electrons. The van der Waals surface area contributed by atoms with Gasteiger partial charge in [-0.1, -0.05) is 0 Å². The van der Waals surface area contributed by atoms with Gasteiger partial charge >= 0.3 is 0 Å². The average molecular weight is 322 g/mol. The number of nitrogens with two attached hydrogens (primary N) is 1. The number of carbonyl (C=O) groups excluding carboxylic acids is 1. The van der Waals surface area contributed by atoms with Gasteiger partial charge in [-0.15, -0.1) is 0 Å². The standard InChI is InChI=1S/C13H18N6O4/c1-2-15-7(20)3-6-9(21)10(22)13(23-6)19-5-18-8-11(14)16-4-17-12(8)19/h4-6,9-10,13,21-22H,2-3H2,1H3,(H,15,20)(H2,14,16,17)/t6-,9-,10-,13-/m1/s1. The van der Waals surface area contributed by atoms with Crippen LogP contribution in [-0.2, 0) is 9.53 Å². The number of fused-ring (bicyclic) bond motifs is 1. The van der Waals surface area contributed by atoms with Gasteiger partial charge in [-0.05, 0) is 6.92 Å². The molecule has 0 unspecified atom stereocenters. The van der Waals surface area contributed by atoms with Gasteiger partial charge in [0.25, 0.3) is 0 Å². The van der Waals surface area contributed by atoms with Crippen molar-refractivity contribution in [2.45, 2.75) is 37.9 Å². The summed E-state index contributed by atoms with van der Waals surface area (Å²) in [5, 5.41) is 23.0. The van der Waals surface area contributed by atoms with E-state index in [2.05, 4.69) is 20.3 Å². The molecule has 23 heavy (non-hydrogen) atoms. The maximum Gasteiger partial charge on any atom is 0.222 e. The fourth-order valence-corrected chi connectivity index (χ4v) is 2.64. The predicted molar refractivity (Wildman–Crippen MR) is 79.0 cm³/mol. The van der Waals surface area contributed by atoms with Gasteiger partial charge in [0.05, 0.1) is 18.9 Å². The second kappa shape index (κ2) is 6.07. The highest BCUT2D eigenvalue weighted by atomic mass is 16.6. The lowest BCUT2D eigenvalue weighted by atomic mass is 10.1. The molecule has 4 atom stereocenters. The highest BCUT2D eigenvalue weighted by Gasteiger charge is 2.44. The van der Waals surface area contributed by atoms with Gasteiger partial charge in [-0.3, -0.25) is 9.36 Å². The quantitative estimate of drug-likeness (QED) is 0.534. The molecular formula is C13H18N6O4. The lowest BCUT2D eigenvalue weighted by Gasteiger charge is -2.16. The van der Waals surface area contributed by atoms with Crippen LogP contribution >= 0.6 is 0 Å². The van der Waals surface area contributed by atoms with Crippen LogP contribution in [0.15, 0.2) is 12.7 Å². The molecule has 1 saturated heterocycles. The molecule has 0 spiro atoms. The Morgan fingerprint density at radius 1 is 1.39 bits per heavy atom. The molecule has 0 saturated carbocycles. The maximum atomic E-state index is 11.7. The molecule has 1 aliphatic rings. The summed E-state index contributed by atoms with van der Waals surface area (Å²) in [6.07, 6.45) is -1.51. The van der Waals surface area contributed by atoms with Crippen molar-refractivity contribution in [1.29, 1.82) is 0 Å². The van der Waals surface area contributed by atoms with Crippen LogP contribution in [0.25, 0.3) is 11.2 Å². The van der Waals surface area contributed by atoms with Gasteiger partial charge < -0.3 is 26.0 Å². The summed E-state index contributed by atoms with van der Waals surface area (Å²) in [6.45, 7) is 2.28. The van der Waals surface area contributed by atoms with Crippen LogP contribution in [0.2, 0.25) is 0 Å². The van der Waals surface area contributed by atoms with Crippen LogP contribution in [0.1, 0.15) is 19.6 Å². The van der Waals surface area contributed by atoms with E-state index in [4.69, 9.17) is 10.5 Å². The molecule has 1 amide bonds. The fourth-order valence-electron chi connectivity index (χ4n) is 2.64. The molecule has 124 valence electrons. The predicted octanol–water partition coefficient (Wildman–Crippen LogP) is -1.45. The monoisotopic (exact) mass is 322 g/mol. The third-order valence-electron chi connectivity index (χ3n) is 3.76. The molecule has 3 rings (SSSR count). The molecule has 2 aromatic heterocycles. The number of rotatable bonds is 4. The van der Waals surface area contributed by atoms with Gasteiger partial charge in [-0.2, -0.15) is 0 Å². The average Bonchev–Trinajstić information content (AvgIpc) is 3.05. The van der Waals surface area contributed by atoms with Gasteiger partial charge in [0.2, 0.25) is 5.91 Å². The molecule has 0 bridgehead atoms. The number of aromatic nitrogens is 4. The van der Waals surface area contributed by atoms with Crippen LogP contribution in [0.4, 0.5) is 5.82 Å². The Hall–Kier alpha value is -2.30. The zero-order chi connectivity index (χ0) is 16.6. The van der Waals surface area contributed by atoms with Crippen molar-refractivity contribution in [3.63, 3.8) is 0 Å². The Bertz CT molecular complexity index is 720. The number of aliphatic hydroxyl groups excluding tert-OH is 2. The van der Waals surface area contributed by atoms with Crippen molar-refractivity contribution in [1.82, 2.24) is 24.8 Å². The van der Waals surface area contributed by atoms with E-state index in [0.29, 0.717) is 17.7 Å². The Kier molecular flexibility index (Phi) is 4.11. The Morgan fingerprint density at radius 3 is 2.91 bits per heavy atom. The van der Waals surface area contributed by atoms with Crippen LogP contribution in [0, 0.1) is 0 Å². The number of hydrogen-bond acceptors (Lipinski definition) is 8. The van der Waals surface area contributed by atoms with E-state index in [9.17, 15) is 15.0 Å². The zero-order valence-corrected chi connectivity index (χ0v) is 12.5. The molecule has 10 nitrogen and oxygen atoms in total. The van der Waals surface area contributed by atoms with Crippen LogP contribution in [-0.4, -0.2) is 60.5 Å². The normalized spacial score (nSPS) is 27.4. The number of ether oxygens (including phenoxy) is 1. The summed E-state index contributed by atoms with van der Waals surface area (Å²) in [5.41, 5.74) is 6.49. The lowest BCUT2D eigenvalue weighted by molar-refractivity contribution is -0.125. The van der Waals surface area contributed by atoms with E-state index in [-0.39, 0.29) is 18.1 Å². The number of nitrogen functional groups attached to an aromatic ring is 1. The second-order valence-electron chi connectivity index (χ2n) is 5.29. The van der Waals surface area contributed by atoms with Crippen LogP contribution < -0.4 is 11.1 Å². The van der Waals surface area contributed by atoms with Crippen molar-refractivity contribution in [2.75, 3.05) is 12.3 Å². The smallest absolute Gasteiger partial charge is 0.222 e. The molecule has 0 aromatic carbocycles. The SMILES string of the molecule is CCNC(=O)C[C@H]1O[C@@H](n2cnc3c(N)ncnc32)[C@H](O)[C@@H]1O. The van der Waals surface area contributed by atoms with E-state index in [1.165, 1.54) is 17.2 Å². The maximum absolute atomic E-state index is 11.7. The number of imidazole rings is 1. The van der Waals surface area contributed by atoms with Crippen molar-refractivity contribution >= 4 is 22.9 Å². The third kappa shape index (κ3) is 2.71. The fraction of sp³-hybridized carbons (Fsp3) is 0.538. The number of aliphatic hydroxyl groups is 2. The minimum absolute atomic E-state index is 0.0493. The van der Waals surface area contributed by atoms with E-state index >= 15 is 0 Å². The van der Waals surface area contributed by atoms with Crippen molar-refractivity contribution in [3.05, 3.63) is 12.7 Å². The van der Waals surface area contributed by atoms with E-state index in [0.717, 1.165) is 0 Å². The highest BCUT2D eigenvalue weighted by molar-refractivity contribution is 5.81. The first-order valence-corrected chi connectivity index (χ1v) is 7.24. The molecule has 10 heteroatoms. The summed E-state index contributed by atoms with van der Waals surface area (Å²) in [7, 11) is 0. The van der Waals surface area contributed by atoms with Crippen molar-refractivity contribution < 1.29 is 19.7 Å². The number of amides is 1. The van der Waals surface area contributed by atoms with Gasteiger partial charge in [0.15, 0.2) is 17.7 Å². The Morgan fingerprint density at radius 2 is 2.17 bits per heavy atom. The van der Waals surface area contributed by atoms with Crippen molar-refractivity contribution in [2.24, 2.45) is 0 Å². The minimum Gasteiger partial charge on any atom is -0.388 e. The number of hydrogen-bond donors (Lipinski definition) is 4. The molecule has 1 aliphatic heterocycles. The lowest BCUT2D eigenvalue weighted by Crippen LogP contribution is -2.35. The second-order valence-corrected chi connectivity index (χ2v) is 5.29. The third-order valence-corrected chi connectivity index (χ3v) is 3.76. The molecule has 5 N–H and O–H groups in total. The highest BCUT2D eigenvalue weighted by Crippen LogP contribution is 2.33. The summed E-state index contributed by atoms with van der Waals surface area (Å²) in [6, 6.07) is 0. The Labute approximate surface area is 131 Å². The summed E-state index contributed by atoms with van der Waals surface area (Å²) >= 11 is 0. The topological polar surface area (TPSA) is 148 Å². The van der Waals surface area contributed by atoms with E-state index < -0.39 is 24.5 Å². The zero-order valence-electron chi connectivity index (χ0n) is 12.5. The van der Waals surface area contributed by atoms with Gasteiger partial charge in [-0.25, -0.2) is 15.0 Å². The minimum atomic E-state index is -1.22. The molecular weight excluding hydrogens is 304 g/mol. The first kappa shape index (κ1) is 15.6. The van der Waals surface area contributed by atoms with Crippen molar-refractivity contribution in [3.8, 4) is 0 Å². The summed E-state index contributed by atoms with van der Waals surface area (Å²) < 4.78 is 7.13. The first-order chi connectivity index (χ1) is 11.0. The molecule has 1 fully saturated rings. The summed E-state index contributed by atoms with van der Waals surface area (Å²) in [5.74, 6) is -0.0490. The summed E-state index contributed by atoms with van der Waals surface area (Å²) in [4.78, 5) is 23.7. The van der Waals surface area contributed by atoms with Gasteiger partial charge in [0, 0.05) is 6.54 Å². The number of nitrogens with zero attached hydrogens (tertiary/aromatic N) is 4. The number of carbonyl (C=O) groups is 1. The molecule has 3 heterocycles. The van der Waals surface area contributed by atoms with Crippen LogP contribution in [0.5, 0.6) is 0 Å². The first-order valence-electron chi connectivity index (χ1n) is 7.24. The largest absolute Gasteiger partial charge is 0.388 e. The number of anilines is 1. The van der Waals surface area contributed by atoms with Gasteiger partial charge in [0.1, 0.15) is 24.1 Å². The number of nitrogens with one attached hydrogen (secondary N) is 1. The van der Waals surface area contributed by atoms with E-state index in [1.54, 1.807) is 6.92 Å². The Balaban J connectivity index is 1.85. The molecule has 2 aromatic rings. The van der Waals surface area contributed by atoms with E-state index in [1.807, 2.05) is 0 Å². The molecule has 0 aliphatic carbocycles.